The van der Waals surface area contributed by atoms with Crippen LogP contribution in [0.3, 0.4) is 0 Å². The molecule has 4 heterocycles. The highest BCUT2D eigenvalue weighted by atomic mass is 19.1. The summed E-state index contributed by atoms with van der Waals surface area (Å²) >= 11 is 0. The molecule has 3 fully saturated rings. The Balaban J connectivity index is 1.37. The smallest absolute Gasteiger partial charge is 0.259 e. The third-order valence-electron chi connectivity index (χ3n) is 7.99. The number of nitrogens with zero attached hydrogens (tertiary/aromatic N) is 2. The highest BCUT2D eigenvalue weighted by molar-refractivity contribution is 5.97. The summed E-state index contributed by atoms with van der Waals surface area (Å²) in [5, 5.41) is 0.233. The van der Waals surface area contributed by atoms with Crippen molar-refractivity contribution in [2.45, 2.75) is 50.6 Å². The first-order chi connectivity index (χ1) is 15.1. The van der Waals surface area contributed by atoms with Crippen molar-refractivity contribution in [1.29, 1.82) is 0 Å². The van der Waals surface area contributed by atoms with Gasteiger partial charge in [0.25, 0.3) is 5.91 Å². The van der Waals surface area contributed by atoms with Crippen LogP contribution in [0.4, 0.5) is 4.39 Å². The maximum absolute atomic E-state index is 13.7. The van der Waals surface area contributed by atoms with E-state index in [9.17, 15) is 14.0 Å². The van der Waals surface area contributed by atoms with Crippen LogP contribution in [0, 0.1) is 17.7 Å². The zero-order valence-electron chi connectivity index (χ0n) is 17.6. The number of pyridine rings is 1. The zero-order valence-corrected chi connectivity index (χ0v) is 17.6. The van der Waals surface area contributed by atoms with E-state index in [1.807, 2.05) is 4.90 Å². The molecule has 1 amide bonds. The van der Waals surface area contributed by atoms with Crippen LogP contribution in [0.2, 0.25) is 0 Å². The normalized spacial score (nSPS) is 30.5. The van der Waals surface area contributed by atoms with Crippen molar-refractivity contribution >= 4 is 16.8 Å². The van der Waals surface area contributed by atoms with Crippen LogP contribution in [0.5, 0.6) is 0 Å². The van der Waals surface area contributed by atoms with E-state index in [1.165, 1.54) is 43.2 Å². The van der Waals surface area contributed by atoms with E-state index in [2.05, 4.69) is 16.0 Å². The highest BCUT2D eigenvalue weighted by Crippen LogP contribution is 2.45. The van der Waals surface area contributed by atoms with Crippen molar-refractivity contribution in [3.63, 3.8) is 0 Å². The van der Waals surface area contributed by atoms with Crippen LogP contribution in [-0.2, 0) is 0 Å². The number of amides is 1. The van der Waals surface area contributed by atoms with Crippen LogP contribution in [0.15, 0.2) is 40.8 Å². The minimum Gasteiger partial charge on any atom is -0.360 e. The van der Waals surface area contributed by atoms with Crippen molar-refractivity contribution in [3.8, 4) is 0 Å². The van der Waals surface area contributed by atoms with Crippen molar-refractivity contribution in [2.24, 2.45) is 11.8 Å². The standard InChI is InChI=1S/C25H28FN3O2/c26-18-6-7-21-19(12-18)24(30)20(13-27-21)25(31)29-9-3-4-15-10-16-11-17(23(15)29)14-28-8-2-1-5-22(16)28/h6-7,10,12-13,16-17,22-23H,1-5,8-9,11,14H2,(H,27,30). The van der Waals surface area contributed by atoms with Crippen molar-refractivity contribution in [1.82, 2.24) is 14.8 Å². The summed E-state index contributed by atoms with van der Waals surface area (Å²) in [6.45, 7) is 2.88. The van der Waals surface area contributed by atoms with E-state index in [-0.39, 0.29) is 28.3 Å². The van der Waals surface area contributed by atoms with Gasteiger partial charge in [0, 0.05) is 36.2 Å². The SMILES string of the molecule is O=C(c1c[nH]c2ccc(F)cc2c1=O)N1CCCC2=CC3CC(CN4CCCCC34)C21. The van der Waals surface area contributed by atoms with Gasteiger partial charge >= 0.3 is 0 Å². The second kappa shape index (κ2) is 7.30. The summed E-state index contributed by atoms with van der Waals surface area (Å²) in [7, 11) is 0. The number of nitrogens with one attached hydrogen (secondary N) is 1. The average Bonchev–Trinajstić information content (AvgIpc) is 2.79. The largest absolute Gasteiger partial charge is 0.360 e. The number of halogens is 1. The van der Waals surface area contributed by atoms with Crippen LogP contribution in [0.1, 0.15) is 48.9 Å². The molecular formula is C25H28FN3O2. The molecule has 3 aliphatic heterocycles. The number of hydrogen-bond acceptors (Lipinski definition) is 3. The number of aromatic nitrogens is 1. The van der Waals surface area contributed by atoms with Crippen molar-refractivity contribution in [2.75, 3.05) is 19.6 Å². The Labute approximate surface area is 180 Å². The number of rotatable bonds is 1. The molecule has 2 bridgehead atoms. The molecule has 0 spiro atoms. The summed E-state index contributed by atoms with van der Waals surface area (Å²) < 4.78 is 13.7. The molecule has 4 unspecified atom stereocenters. The molecule has 6 rings (SSSR count). The van der Waals surface area contributed by atoms with Gasteiger partial charge in [0.1, 0.15) is 11.4 Å². The number of benzene rings is 1. The second-order valence-corrected chi connectivity index (χ2v) is 9.73. The van der Waals surface area contributed by atoms with Gasteiger partial charge in [0.2, 0.25) is 5.43 Å². The number of carbonyl (C=O) groups is 1. The van der Waals surface area contributed by atoms with Gasteiger partial charge in [-0.1, -0.05) is 18.1 Å². The van der Waals surface area contributed by atoms with E-state index < -0.39 is 5.82 Å². The first-order valence-corrected chi connectivity index (χ1v) is 11.7. The molecule has 5 nitrogen and oxygen atoms in total. The first kappa shape index (κ1) is 19.2. The van der Waals surface area contributed by atoms with Crippen molar-refractivity contribution < 1.29 is 9.18 Å². The molecule has 3 saturated heterocycles. The van der Waals surface area contributed by atoms with Crippen molar-refractivity contribution in [3.05, 3.63) is 57.6 Å². The van der Waals surface area contributed by atoms with Gasteiger partial charge in [-0.15, -0.1) is 0 Å². The second-order valence-electron chi connectivity index (χ2n) is 9.73. The molecule has 2 aromatic rings. The fourth-order valence-electron chi connectivity index (χ4n) is 6.71. The zero-order chi connectivity index (χ0) is 21.1. The molecular weight excluding hydrogens is 393 g/mol. The highest BCUT2D eigenvalue weighted by Gasteiger charge is 2.47. The molecule has 162 valence electrons. The summed E-state index contributed by atoms with van der Waals surface area (Å²) in [6, 6.07) is 4.83. The van der Waals surface area contributed by atoms with Gasteiger partial charge in [-0.2, -0.15) is 0 Å². The van der Waals surface area contributed by atoms with Gasteiger partial charge in [0.05, 0.1) is 6.04 Å². The number of carbonyl (C=O) groups excluding carboxylic acids is 1. The lowest BCUT2D eigenvalue weighted by Crippen LogP contribution is -2.60. The van der Waals surface area contributed by atoms with E-state index in [0.29, 0.717) is 29.9 Å². The summed E-state index contributed by atoms with van der Waals surface area (Å²) in [4.78, 5) is 34.3. The van der Waals surface area contributed by atoms with Gasteiger partial charge in [0.15, 0.2) is 0 Å². The summed E-state index contributed by atoms with van der Waals surface area (Å²) in [6.07, 6.45) is 11.0. The Kier molecular flexibility index (Phi) is 4.53. The average molecular weight is 422 g/mol. The number of piperidine rings is 3. The van der Waals surface area contributed by atoms with E-state index in [4.69, 9.17) is 0 Å². The van der Waals surface area contributed by atoms with Crippen LogP contribution >= 0.6 is 0 Å². The lowest BCUT2D eigenvalue weighted by atomic mass is 9.68. The Morgan fingerprint density at radius 2 is 2.06 bits per heavy atom. The topological polar surface area (TPSA) is 56.4 Å². The Bertz CT molecular complexity index is 1140. The van der Waals surface area contributed by atoms with Crippen LogP contribution in [-0.4, -0.2) is 52.4 Å². The minimum atomic E-state index is -0.470. The summed E-state index contributed by atoms with van der Waals surface area (Å²) in [5.41, 5.74) is 1.68. The van der Waals surface area contributed by atoms with E-state index in [0.717, 1.165) is 32.4 Å². The number of fused-ring (bicyclic) bond motifs is 7. The molecule has 0 radical (unpaired) electrons. The maximum Gasteiger partial charge on any atom is 0.259 e. The van der Waals surface area contributed by atoms with Crippen LogP contribution in [0.25, 0.3) is 10.9 Å². The van der Waals surface area contributed by atoms with Crippen LogP contribution < -0.4 is 5.43 Å². The van der Waals surface area contributed by atoms with Gasteiger partial charge < -0.3 is 9.88 Å². The quantitative estimate of drug-likeness (QED) is 0.715. The molecule has 1 aromatic carbocycles. The lowest BCUT2D eigenvalue weighted by molar-refractivity contribution is 0.00143. The third kappa shape index (κ3) is 3.06. The van der Waals surface area contributed by atoms with E-state index >= 15 is 0 Å². The molecule has 1 aromatic heterocycles. The molecule has 1 aliphatic carbocycles. The fourth-order valence-corrected chi connectivity index (χ4v) is 6.71. The maximum atomic E-state index is 13.7. The molecule has 31 heavy (non-hydrogen) atoms. The van der Waals surface area contributed by atoms with E-state index in [1.54, 1.807) is 6.07 Å². The third-order valence-corrected chi connectivity index (χ3v) is 7.99. The first-order valence-electron chi connectivity index (χ1n) is 11.7. The predicted octanol–water partition coefficient (Wildman–Crippen LogP) is 3.70. The fraction of sp³-hybridized carbons (Fsp3) is 0.520. The Hall–Kier alpha value is -2.47. The predicted molar refractivity (Wildman–Crippen MR) is 117 cm³/mol. The Morgan fingerprint density at radius 3 is 2.97 bits per heavy atom. The molecule has 4 aliphatic rings. The molecule has 0 saturated carbocycles. The monoisotopic (exact) mass is 421 g/mol. The Morgan fingerprint density at radius 1 is 1.16 bits per heavy atom. The number of H-pyrrole nitrogens is 1. The molecule has 4 atom stereocenters. The molecule has 6 heteroatoms. The lowest BCUT2D eigenvalue weighted by Gasteiger charge is -2.54. The van der Waals surface area contributed by atoms with Gasteiger partial charge in [-0.25, -0.2) is 4.39 Å². The van der Waals surface area contributed by atoms with Gasteiger partial charge in [-0.3, -0.25) is 14.5 Å². The van der Waals surface area contributed by atoms with Gasteiger partial charge in [-0.05, 0) is 68.7 Å². The number of likely N-dealkylation sites (tertiary alicyclic amines) is 1. The molecule has 1 N–H and O–H groups in total. The number of hydrogen-bond donors (Lipinski definition) is 1. The summed E-state index contributed by atoms with van der Waals surface area (Å²) in [5.74, 6) is 0.345. The minimum absolute atomic E-state index is 0.0861. The number of aromatic amines is 1.